The van der Waals surface area contributed by atoms with Crippen molar-refractivity contribution in [2.24, 2.45) is 0 Å². The smallest absolute Gasteiger partial charge is 0.333 e. The van der Waals surface area contributed by atoms with Crippen molar-refractivity contribution in [2.45, 2.75) is 6.42 Å². The van der Waals surface area contributed by atoms with Gasteiger partial charge >= 0.3 is 6.03 Å². The molecule has 0 saturated heterocycles. The third-order valence-electron chi connectivity index (χ3n) is 4.71. The Balaban J connectivity index is 1.72. The predicted octanol–water partition coefficient (Wildman–Crippen LogP) is 5.65. The van der Waals surface area contributed by atoms with Gasteiger partial charge in [-0.3, -0.25) is 4.79 Å². The second-order valence-electron chi connectivity index (χ2n) is 6.71. The number of Topliss-reactive ketones (excluding diaryl/α,β-unsaturated/α-hetero) is 1. The van der Waals surface area contributed by atoms with Gasteiger partial charge in [0.25, 0.3) is 0 Å². The Morgan fingerprint density at radius 1 is 0.967 bits per heavy atom. The lowest BCUT2D eigenvalue weighted by Crippen LogP contribution is -2.19. The maximum atomic E-state index is 13.1. The van der Waals surface area contributed by atoms with Gasteiger partial charge in [-0.05, 0) is 48.0 Å². The Morgan fingerprint density at radius 3 is 2.33 bits per heavy atom. The Kier molecular flexibility index (Phi) is 5.25. The summed E-state index contributed by atoms with van der Waals surface area (Å²) < 4.78 is 14.2. The highest BCUT2D eigenvalue weighted by Crippen LogP contribution is 2.32. The number of hydrogen-bond donors (Lipinski definition) is 2. The summed E-state index contributed by atoms with van der Waals surface area (Å²) in [6.07, 6.45) is -0.0410. The van der Waals surface area contributed by atoms with Crippen molar-refractivity contribution in [1.29, 1.82) is 0 Å². The number of rotatable bonds is 4. The van der Waals surface area contributed by atoms with Crippen molar-refractivity contribution < 1.29 is 19.1 Å². The molecule has 0 unspecified atom stereocenters. The van der Waals surface area contributed by atoms with Gasteiger partial charge in [0.05, 0.1) is 11.1 Å². The number of amides is 1. The molecule has 7 heteroatoms. The van der Waals surface area contributed by atoms with Gasteiger partial charge in [-0.1, -0.05) is 41.9 Å². The number of fused-ring (bicyclic) bond motifs is 1. The van der Waals surface area contributed by atoms with Crippen LogP contribution in [0, 0.1) is 5.82 Å². The number of nitrogens with zero attached hydrogens (tertiary/aromatic N) is 1. The third-order valence-corrected chi connectivity index (χ3v) is 4.96. The van der Waals surface area contributed by atoms with Gasteiger partial charge in [0.1, 0.15) is 5.82 Å². The normalized spacial score (nSPS) is 10.9. The first-order valence-corrected chi connectivity index (χ1v) is 9.49. The van der Waals surface area contributed by atoms with Crippen LogP contribution in [0.4, 0.5) is 14.9 Å². The SMILES string of the molecule is O=C(Cc1ccc(F)cc1)c1c(O)n(C(=O)Nc2ccc(Cl)cc2)c2ccccc12. The van der Waals surface area contributed by atoms with Crippen LogP contribution in [0.2, 0.25) is 5.02 Å². The molecular weight excluding hydrogens is 407 g/mol. The average Bonchev–Trinajstić information content (AvgIpc) is 3.03. The second kappa shape index (κ2) is 8.00. The number of anilines is 1. The number of aromatic nitrogens is 1. The molecule has 1 heterocycles. The molecule has 0 bridgehead atoms. The molecule has 4 aromatic rings. The van der Waals surface area contributed by atoms with Gasteiger partial charge in [-0.15, -0.1) is 0 Å². The summed E-state index contributed by atoms with van der Waals surface area (Å²) in [5.41, 5.74) is 1.52. The predicted molar refractivity (Wildman–Crippen MR) is 114 cm³/mol. The molecule has 150 valence electrons. The van der Waals surface area contributed by atoms with Gasteiger partial charge in [0.2, 0.25) is 5.88 Å². The van der Waals surface area contributed by atoms with Crippen LogP contribution in [0.3, 0.4) is 0 Å². The molecule has 0 saturated carbocycles. The van der Waals surface area contributed by atoms with Crippen LogP contribution in [-0.2, 0) is 6.42 Å². The molecule has 1 aromatic heterocycles. The molecule has 0 radical (unpaired) electrons. The summed E-state index contributed by atoms with van der Waals surface area (Å²) in [4.78, 5) is 25.8. The van der Waals surface area contributed by atoms with Crippen molar-refractivity contribution in [1.82, 2.24) is 4.57 Å². The number of ketones is 1. The van der Waals surface area contributed by atoms with Gasteiger partial charge in [-0.25, -0.2) is 13.8 Å². The van der Waals surface area contributed by atoms with Crippen LogP contribution in [-0.4, -0.2) is 21.5 Å². The quantitative estimate of drug-likeness (QED) is 0.418. The Hall–Kier alpha value is -3.64. The number of nitrogens with one attached hydrogen (secondary N) is 1. The van der Waals surface area contributed by atoms with Crippen LogP contribution in [0.5, 0.6) is 5.88 Å². The summed E-state index contributed by atoms with van der Waals surface area (Å²) >= 11 is 5.87. The van der Waals surface area contributed by atoms with E-state index in [0.717, 1.165) is 4.57 Å². The summed E-state index contributed by atoms with van der Waals surface area (Å²) in [5, 5.41) is 14.5. The number of carbonyl (C=O) groups excluding carboxylic acids is 2. The van der Waals surface area contributed by atoms with E-state index in [2.05, 4.69) is 5.32 Å². The number of aromatic hydroxyl groups is 1. The van der Waals surface area contributed by atoms with Gasteiger partial charge in [0, 0.05) is 22.5 Å². The summed E-state index contributed by atoms with van der Waals surface area (Å²) in [6.45, 7) is 0. The molecule has 1 amide bonds. The zero-order chi connectivity index (χ0) is 21.3. The highest BCUT2D eigenvalue weighted by Gasteiger charge is 2.25. The summed E-state index contributed by atoms with van der Waals surface area (Å²) in [7, 11) is 0. The number of para-hydroxylation sites is 1. The van der Waals surface area contributed by atoms with Gasteiger partial charge in [-0.2, -0.15) is 0 Å². The van der Waals surface area contributed by atoms with Crippen molar-refractivity contribution in [3.8, 4) is 5.88 Å². The van der Waals surface area contributed by atoms with E-state index >= 15 is 0 Å². The minimum Gasteiger partial charge on any atom is -0.494 e. The Morgan fingerprint density at radius 2 is 1.63 bits per heavy atom. The molecule has 30 heavy (non-hydrogen) atoms. The fraction of sp³-hybridized carbons (Fsp3) is 0.0435. The summed E-state index contributed by atoms with van der Waals surface area (Å²) in [6, 6.07) is 18.2. The van der Waals surface area contributed by atoms with Crippen LogP contribution < -0.4 is 5.32 Å². The minimum atomic E-state index is -0.619. The first-order chi connectivity index (χ1) is 14.4. The van der Waals surface area contributed by atoms with Crippen LogP contribution >= 0.6 is 11.6 Å². The maximum absolute atomic E-state index is 13.1. The fourth-order valence-corrected chi connectivity index (χ4v) is 3.42. The molecule has 0 aliphatic rings. The molecular formula is C23H16ClFN2O3. The monoisotopic (exact) mass is 422 g/mol. The van der Waals surface area contributed by atoms with Crippen molar-refractivity contribution >= 4 is 40.0 Å². The molecule has 0 spiro atoms. The number of carbonyl (C=O) groups is 2. The number of benzene rings is 3. The highest BCUT2D eigenvalue weighted by atomic mass is 35.5. The average molecular weight is 423 g/mol. The van der Waals surface area contributed by atoms with E-state index in [9.17, 15) is 19.1 Å². The maximum Gasteiger partial charge on any atom is 0.333 e. The topological polar surface area (TPSA) is 71.3 Å². The molecule has 4 rings (SSSR count). The molecule has 5 nitrogen and oxygen atoms in total. The van der Waals surface area contributed by atoms with Crippen LogP contribution in [0.25, 0.3) is 10.9 Å². The third kappa shape index (κ3) is 3.77. The number of halogens is 2. The second-order valence-corrected chi connectivity index (χ2v) is 7.15. The molecule has 0 aliphatic heterocycles. The summed E-state index contributed by atoms with van der Waals surface area (Å²) in [5.74, 6) is -1.23. The van der Waals surface area contributed by atoms with Gasteiger partial charge in [0.15, 0.2) is 5.78 Å². The fourth-order valence-electron chi connectivity index (χ4n) is 3.30. The number of hydrogen-bond acceptors (Lipinski definition) is 3. The largest absolute Gasteiger partial charge is 0.494 e. The highest BCUT2D eigenvalue weighted by molar-refractivity contribution is 6.30. The lowest BCUT2D eigenvalue weighted by Gasteiger charge is -2.08. The Bertz CT molecular complexity index is 1150. The zero-order valence-electron chi connectivity index (χ0n) is 15.6. The van der Waals surface area contributed by atoms with Gasteiger partial charge < -0.3 is 10.4 Å². The van der Waals surface area contributed by atoms with Crippen molar-refractivity contribution in [2.75, 3.05) is 5.32 Å². The van der Waals surface area contributed by atoms with E-state index < -0.39 is 17.7 Å². The Labute approximate surface area is 176 Å². The minimum absolute atomic E-state index is 0.0410. The van der Waals surface area contributed by atoms with E-state index in [1.807, 2.05) is 0 Å². The molecule has 2 N–H and O–H groups in total. The van der Waals surface area contributed by atoms with E-state index in [4.69, 9.17) is 11.6 Å². The van der Waals surface area contributed by atoms with E-state index in [0.29, 0.717) is 27.2 Å². The molecule has 0 atom stereocenters. The lowest BCUT2D eigenvalue weighted by atomic mass is 10.0. The molecule has 0 fully saturated rings. The zero-order valence-corrected chi connectivity index (χ0v) is 16.4. The van der Waals surface area contributed by atoms with Crippen LogP contribution in [0.15, 0.2) is 72.8 Å². The van der Waals surface area contributed by atoms with Crippen molar-refractivity contribution in [3.63, 3.8) is 0 Å². The standard InChI is InChI=1S/C23H16ClFN2O3/c24-15-7-11-17(12-8-15)26-23(30)27-19-4-2-1-3-18(19)21(22(27)29)20(28)13-14-5-9-16(25)10-6-14/h1-12,29H,13H2,(H,26,30). The molecule has 3 aromatic carbocycles. The first kappa shape index (κ1) is 19.7. The van der Waals surface area contributed by atoms with Crippen molar-refractivity contribution in [3.05, 3.63) is 94.8 Å². The van der Waals surface area contributed by atoms with E-state index in [1.165, 1.54) is 24.3 Å². The molecule has 0 aliphatic carbocycles. The van der Waals surface area contributed by atoms with E-state index in [1.54, 1.807) is 48.5 Å². The lowest BCUT2D eigenvalue weighted by molar-refractivity contribution is 0.0991. The first-order valence-electron chi connectivity index (χ1n) is 9.11. The van der Waals surface area contributed by atoms with E-state index in [-0.39, 0.29) is 17.8 Å². The van der Waals surface area contributed by atoms with Crippen LogP contribution in [0.1, 0.15) is 15.9 Å².